The summed E-state index contributed by atoms with van der Waals surface area (Å²) in [5.74, 6) is 1.78. The molecule has 5 heteroatoms. The van der Waals surface area contributed by atoms with E-state index < -0.39 is 0 Å². The van der Waals surface area contributed by atoms with E-state index in [4.69, 9.17) is 0 Å². The minimum absolute atomic E-state index is 0.514. The summed E-state index contributed by atoms with van der Waals surface area (Å²) >= 11 is 0. The molecule has 0 bridgehead atoms. The number of aryl methyl sites for hydroxylation is 8. The molecule has 2 aromatic heterocycles. The Balaban J connectivity index is 1.53. The fraction of sp³-hybridized carbons (Fsp3) is 0.190. The fourth-order valence-electron chi connectivity index (χ4n) is 7.57. The Morgan fingerprint density at radius 2 is 1.00 bits per heavy atom. The zero-order chi connectivity index (χ0) is 33.1. The SMILES string of the molecule is Cc1cc(C)c(-c2ccc3c4ccc(-c5c(C)cc(C)cc5C)cc4n(-c4ccc(-c5nc(C)nc(C)n5)c(C#N)c4)c3c2)c(C)c1. The van der Waals surface area contributed by atoms with E-state index in [1.807, 2.05) is 26.0 Å². The predicted octanol–water partition coefficient (Wildman–Crippen LogP) is 10.3. The van der Waals surface area contributed by atoms with Crippen molar-refractivity contribution in [3.05, 3.63) is 129 Å². The van der Waals surface area contributed by atoms with Crippen LogP contribution in [0.5, 0.6) is 0 Å². The van der Waals surface area contributed by atoms with Crippen LogP contribution in [0.15, 0.2) is 78.9 Å². The van der Waals surface area contributed by atoms with Gasteiger partial charge < -0.3 is 4.57 Å². The second kappa shape index (κ2) is 11.3. The first-order valence-electron chi connectivity index (χ1n) is 16.0. The smallest absolute Gasteiger partial charge is 0.164 e. The molecular formula is C42H37N5. The molecular weight excluding hydrogens is 574 g/mol. The second-order valence-corrected chi connectivity index (χ2v) is 12.9. The summed E-state index contributed by atoms with van der Waals surface area (Å²) in [6, 6.07) is 31.1. The fourth-order valence-corrected chi connectivity index (χ4v) is 7.57. The van der Waals surface area contributed by atoms with E-state index in [1.165, 1.54) is 66.4 Å². The number of fused-ring (bicyclic) bond motifs is 3. The third-order valence-corrected chi connectivity index (χ3v) is 9.18. The van der Waals surface area contributed by atoms with Crippen LogP contribution in [0.2, 0.25) is 0 Å². The molecule has 0 aliphatic heterocycles. The summed E-state index contributed by atoms with van der Waals surface area (Å²) in [6.07, 6.45) is 0. The average Bonchev–Trinajstić information content (AvgIpc) is 3.32. The Morgan fingerprint density at radius 3 is 1.45 bits per heavy atom. The van der Waals surface area contributed by atoms with E-state index in [0.717, 1.165) is 16.7 Å². The standard InChI is InChI=1S/C42H37N5/c1-23-15-25(3)40(26(4)16-23)31-9-12-36-37-13-10-32(41-27(5)17-24(2)18-28(41)6)21-39(37)47(38(36)20-31)34-11-14-35(33(19-34)22-43)42-45-29(7)44-30(8)46-42/h9-21H,1-8H3. The van der Waals surface area contributed by atoms with Crippen LogP contribution in [0.4, 0.5) is 0 Å². The van der Waals surface area contributed by atoms with Crippen LogP contribution in [-0.2, 0) is 0 Å². The van der Waals surface area contributed by atoms with Crippen LogP contribution in [-0.4, -0.2) is 19.5 Å². The van der Waals surface area contributed by atoms with Crippen LogP contribution < -0.4 is 0 Å². The van der Waals surface area contributed by atoms with Gasteiger partial charge in [0.1, 0.15) is 11.6 Å². The number of benzene rings is 5. The maximum absolute atomic E-state index is 10.4. The largest absolute Gasteiger partial charge is 0.309 e. The molecule has 230 valence electrons. The average molecular weight is 612 g/mol. The Morgan fingerprint density at radius 1 is 0.532 bits per heavy atom. The van der Waals surface area contributed by atoms with Crippen LogP contribution in [0.25, 0.3) is 61.1 Å². The molecule has 0 aliphatic carbocycles. The second-order valence-electron chi connectivity index (χ2n) is 12.9. The lowest BCUT2D eigenvalue weighted by Crippen LogP contribution is -2.01. The molecule has 7 rings (SSSR count). The maximum Gasteiger partial charge on any atom is 0.164 e. The van der Waals surface area contributed by atoms with Gasteiger partial charge in [-0.3, -0.25) is 0 Å². The number of rotatable bonds is 4. The molecule has 0 fully saturated rings. The summed E-state index contributed by atoms with van der Waals surface area (Å²) < 4.78 is 2.31. The van der Waals surface area contributed by atoms with Crippen molar-refractivity contribution in [1.29, 1.82) is 5.26 Å². The van der Waals surface area contributed by atoms with Crippen molar-refractivity contribution >= 4 is 21.8 Å². The molecule has 5 aromatic carbocycles. The van der Waals surface area contributed by atoms with Crippen molar-refractivity contribution in [2.45, 2.75) is 55.4 Å². The van der Waals surface area contributed by atoms with Gasteiger partial charge in [0.05, 0.1) is 22.7 Å². The van der Waals surface area contributed by atoms with Gasteiger partial charge in [0.25, 0.3) is 0 Å². The lowest BCUT2D eigenvalue weighted by Gasteiger charge is -2.15. The molecule has 7 aromatic rings. The number of nitriles is 1. The minimum atomic E-state index is 0.514. The third kappa shape index (κ3) is 5.16. The highest BCUT2D eigenvalue weighted by molar-refractivity contribution is 6.11. The first kappa shape index (κ1) is 30.1. The molecule has 0 saturated carbocycles. The van der Waals surface area contributed by atoms with Crippen LogP contribution >= 0.6 is 0 Å². The lowest BCUT2D eigenvalue weighted by atomic mass is 9.92. The van der Waals surface area contributed by atoms with E-state index in [0.29, 0.717) is 28.6 Å². The van der Waals surface area contributed by atoms with Gasteiger partial charge in [-0.2, -0.15) is 5.26 Å². The van der Waals surface area contributed by atoms with Crippen LogP contribution in [0, 0.1) is 66.7 Å². The van der Waals surface area contributed by atoms with Crippen molar-refractivity contribution < 1.29 is 0 Å². The molecule has 5 nitrogen and oxygen atoms in total. The van der Waals surface area contributed by atoms with Gasteiger partial charge in [-0.25, -0.2) is 15.0 Å². The van der Waals surface area contributed by atoms with Crippen LogP contribution in [0.1, 0.15) is 50.6 Å². The van der Waals surface area contributed by atoms with E-state index in [-0.39, 0.29) is 0 Å². The van der Waals surface area contributed by atoms with Gasteiger partial charge in [-0.1, -0.05) is 59.7 Å². The summed E-state index contributed by atoms with van der Waals surface area (Å²) in [7, 11) is 0. The van der Waals surface area contributed by atoms with Crippen molar-refractivity contribution in [3.8, 4) is 45.4 Å². The monoisotopic (exact) mass is 611 g/mol. The summed E-state index contributed by atoms with van der Waals surface area (Å²) in [4.78, 5) is 13.5. The molecule has 0 atom stereocenters. The zero-order valence-corrected chi connectivity index (χ0v) is 28.2. The predicted molar refractivity (Wildman–Crippen MR) is 193 cm³/mol. The van der Waals surface area contributed by atoms with Gasteiger partial charge in [0.15, 0.2) is 5.82 Å². The molecule has 0 aliphatic rings. The quantitative estimate of drug-likeness (QED) is 0.199. The van der Waals surface area contributed by atoms with Gasteiger partial charge in [0, 0.05) is 22.0 Å². The number of hydrogen-bond donors (Lipinski definition) is 0. The van der Waals surface area contributed by atoms with E-state index in [1.54, 1.807) is 0 Å². The first-order valence-corrected chi connectivity index (χ1v) is 16.0. The molecule has 0 unspecified atom stereocenters. The highest BCUT2D eigenvalue weighted by Crippen LogP contribution is 2.40. The molecule has 2 heterocycles. The van der Waals surface area contributed by atoms with Crippen LogP contribution in [0.3, 0.4) is 0 Å². The summed E-state index contributed by atoms with van der Waals surface area (Å²) in [6.45, 7) is 16.8. The van der Waals surface area contributed by atoms with Crippen molar-refractivity contribution in [2.75, 3.05) is 0 Å². The lowest BCUT2D eigenvalue weighted by molar-refractivity contribution is 0.928. The topological polar surface area (TPSA) is 67.4 Å². The maximum atomic E-state index is 10.4. The zero-order valence-electron chi connectivity index (χ0n) is 28.2. The van der Waals surface area contributed by atoms with E-state index >= 15 is 0 Å². The molecule has 0 radical (unpaired) electrons. The Kier molecular flexibility index (Phi) is 7.25. The Labute approximate surface area is 276 Å². The molecule has 47 heavy (non-hydrogen) atoms. The molecule has 0 N–H and O–H groups in total. The highest BCUT2D eigenvalue weighted by Gasteiger charge is 2.19. The number of aromatic nitrogens is 4. The third-order valence-electron chi connectivity index (χ3n) is 9.18. The van der Waals surface area contributed by atoms with Gasteiger partial charge in [0.2, 0.25) is 0 Å². The first-order chi connectivity index (χ1) is 22.5. The number of nitrogens with zero attached hydrogens (tertiary/aromatic N) is 5. The Bertz CT molecular complexity index is 2270. The minimum Gasteiger partial charge on any atom is -0.309 e. The van der Waals surface area contributed by atoms with Gasteiger partial charge in [-0.15, -0.1) is 0 Å². The molecule has 0 amide bonds. The summed E-state index contributed by atoms with van der Waals surface area (Å²) in [5, 5.41) is 12.7. The van der Waals surface area contributed by atoms with Gasteiger partial charge in [-0.05, 0) is 130 Å². The number of hydrogen-bond acceptors (Lipinski definition) is 4. The molecule has 0 spiro atoms. The summed E-state index contributed by atoms with van der Waals surface area (Å²) in [5.41, 5.74) is 16.8. The van der Waals surface area contributed by atoms with Crippen molar-refractivity contribution in [2.24, 2.45) is 0 Å². The van der Waals surface area contributed by atoms with E-state index in [2.05, 4.69) is 134 Å². The normalized spacial score (nSPS) is 11.4. The highest BCUT2D eigenvalue weighted by atomic mass is 15.0. The van der Waals surface area contributed by atoms with Crippen molar-refractivity contribution in [3.63, 3.8) is 0 Å². The van der Waals surface area contributed by atoms with E-state index in [9.17, 15) is 5.26 Å². The van der Waals surface area contributed by atoms with Gasteiger partial charge >= 0.3 is 0 Å². The van der Waals surface area contributed by atoms with Crippen molar-refractivity contribution in [1.82, 2.24) is 19.5 Å². The Hall–Kier alpha value is -5.60. The molecule has 0 saturated heterocycles.